The predicted octanol–water partition coefficient (Wildman–Crippen LogP) is 3.39. The van der Waals surface area contributed by atoms with Crippen molar-refractivity contribution in [3.05, 3.63) is 60.2 Å². The van der Waals surface area contributed by atoms with E-state index in [2.05, 4.69) is 0 Å². The molecular weight excluding hydrogens is 240 g/mol. The quantitative estimate of drug-likeness (QED) is 0.768. The first-order chi connectivity index (χ1) is 9.31. The fourth-order valence-electron chi connectivity index (χ4n) is 1.78. The fraction of sp³-hybridized carbons (Fsp3) is 0.250. The van der Waals surface area contributed by atoms with Crippen molar-refractivity contribution in [2.45, 2.75) is 25.9 Å². The van der Waals surface area contributed by atoms with Gasteiger partial charge in [0.1, 0.15) is 24.2 Å². The van der Waals surface area contributed by atoms with Crippen LogP contribution in [0.25, 0.3) is 0 Å². The van der Waals surface area contributed by atoms with Gasteiger partial charge in [-0.15, -0.1) is 0 Å². The van der Waals surface area contributed by atoms with Gasteiger partial charge in [-0.1, -0.05) is 30.3 Å². The van der Waals surface area contributed by atoms with Crippen molar-refractivity contribution in [2.75, 3.05) is 0 Å². The molecule has 0 bridgehead atoms. The highest BCUT2D eigenvalue weighted by molar-refractivity contribution is 5.31. The Kier molecular flexibility index (Phi) is 3.38. The zero-order valence-electron chi connectivity index (χ0n) is 10.8. The first-order valence-corrected chi connectivity index (χ1v) is 6.40. The summed E-state index contributed by atoms with van der Waals surface area (Å²) in [7, 11) is 0. The highest BCUT2D eigenvalue weighted by Gasteiger charge is 2.36. The van der Waals surface area contributed by atoms with Crippen molar-refractivity contribution in [1.29, 1.82) is 0 Å². The van der Waals surface area contributed by atoms with Gasteiger partial charge in [-0.05, 0) is 36.8 Å². The maximum Gasteiger partial charge on any atom is 0.226 e. The average Bonchev–Trinajstić information content (AvgIpc) is 3.14. The molecule has 0 aliphatic carbocycles. The maximum absolute atomic E-state index is 5.70. The van der Waals surface area contributed by atoms with Crippen LogP contribution < -0.4 is 9.47 Å². The topological polar surface area (TPSA) is 31.0 Å². The Balaban J connectivity index is 1.54. The summed E-state index contributed by atoms with van der Waals surface area (Å²) in [4.78, 5) is 0. The molecule has 1 saturated heterocycles. The van der Waals surface area contributed by atoms with Gasteiger partial charge in [0.15, 0.2) is 0 Å². The average molecular weight is 256 g/mol. The minimum Gasteiger partial charge on any atom is -0.489 e. The van der Waals surface area contributed by atoms with Crippen molar-refractivity contribution >= 4 is 0 Å². The molecule has 2 unspecified atom stereocenters. The van der Waals surface area contributed by atoms with E-state index < -0.39 is 0 Å². The van der Waals surface area contributed by atoms with Gasteiger partial charge in [-0.25, -0.2) is 0 Å². The van der Waals surface area contributed by atoms with Gasteiger partial charge in [0, 0.05) is 0 Å². The van der Waals surface area contributed by atoms with Crippen LogP contribution in [-0.2, 0) is 11.3 Å². The highest BCUT2D eigenvalue weighted by Crippen LogP contribution is 2.26. The van der Waals surface area contributed by atoms with Crippen molar-refractivity contribution in [2.24, 2.45) is 0 Å². The molecule has 3 nitrogen and oxygen atoms in total. The van der Waals surface area contributed by atoms with E-state index in [1.165, 1.54) is 0 Å². The Morgan fingerprint density at radius 1 is 0.947 bits per heavy atom. The number of ether oxygens (including phenoxy) is 3. The monoisotopic (exact) mass is 256 g/mol. The molecule has 2 aromatic carbocycles. The molecular formula is C16H16O3. The second kappa shape index (κ2) is 5.33. The van der Waals surface area contributed by atoms with Crippen LogP contribution >= 0.6 is 0 Å². The molecule has 0 amide bonds. The summed E-state index contributed by atoms with van der Waals surface area (Å²) in [5.41, 5.74) is 1.16. The smallest absolute Gasteiger partial charge is 0.226 e. The third kappa shape index (κ3) is 3.26. The third-order valence-corrected chi connectivity index (χ3v) is 2.98. The molecule has 1 heterocycles. The standard InChI is InChI=1S/C16H16O3/c1-12-16(18-12)19-15-9-7-14(8-10-15)17-11-13-5-3-2-4-6-13/h2-10,12,16H,11H2,1H3. The second-order valence-electron chi connectivity index (χ2n) is 4.57. The normalized spacial score (nSPS) is 20.9. The van der Waals surface area contributed by atoms with E-state index >= 15 is 0 Å². The molecule has 0 spiro atoms. The highest BCUT2D eigenvalue weighted by atomic mass is 16.8. The zero-order valence-corrected chi connectivity index (χ0v) is 10.8. The van der Waals surface area contributed by atoms with E-state index in [1.54, 1.807) is 0 Å². The van der Waals surface area contributed by atoms with Gasteiger partial charge >= 0.3 is 0 Å². The molecule has 2 atom stereocenters. The molecule has 0 aromatic heterocycles. The molecule has 98 valence electrons. The van der Waals surface area contributed by atoms with Gasteiger partial charge in [0.25, 0.3) is 0 Å². The maximum atomic E-state index is 5.70. The van der Waals surface area contributed by atoms with Gasteiger partial charge in [-0.3, -0.25) is 0 Å². The third-order valence-electron chi connectivity index (χ3n) is 2.98. The van der Waals surface area contributed by atoms with E-state index in [4.69, 9.17) is 14.2 Å². The first-order valence-electron chi connectivity index (χ1n) is 6.40. The summed E-state index contributed by atoms with van der Waals surface area (Å²) < 4.78 is 16.5. The Hall–Kier alpha value is -2.00. The van der Waals surface area contributed by atoms with Crippen LogP contribution in [0.3, 0.4) is 0 Å². The van der Waals surface area contributed by atoms with Crippen LogP contribution in [0.5, 0.6) is 11.5 Å². The Morgan fingerprint density at radius 3 is 2.21 bits per heavy atom. The van der Waals surface area contributed by atoms with Gasteiger partial charge in [0.2, 0.25) is 6.29 Å². The number of epoxide rings is 1. The van der Waals surface area contributed by atoms with E-state index in [9.17, 15) is 0 Å². The summed E-state index contributed by atoms with van der Waals surface area (Å²) >= 11 is 0. The lowest BCUT2D eigenvalue weighted by atomic mass is 10.2. The summed E-state index contributed by atoms with van der Waals surface area (Å²) in [5.74, 6) is 1.64. The molecule has 3 rings (SSSR count). The van der Waals surface area contributed by atoms with E-state index in [1.807, 2.05) is 61.5 Å². The van der Waals surface area contributed by atoms with Crippen molar-refractivity contribution in [3.63, 3.8) is 0 Å². The molecule has 0 N–H and O–H groups in total. The fourth-order valence-corrected chi connectivity index (χ4v) is 1.78. The molecule has 1 aliphatic rings. The van der Waals surface area contributed by atoms with Crippen LogP contribution in [0.2, 0.25) is 0 Å². The van der Waals surface area contributed by atoms with Gasteiger partial charge in [0.05, 0.1) is 0 Å². The lowest BCUT2D eigenvalue weighted by molar-refractivity contribution is 0.178. The van der Waals surface area contributed by atoms with E-state index in [0.29, 0.717) is 6.61 Å². The van der Waals surface area contributed by atoms with Crippen LogP contribution in [0, 0.1) is 0 Å². The van der Waals surface area contributed by atoms with Crippen molar-refractivity contribution < 1.29 is 14.2 Å². The first kappa shape index (κ1) is 12.1. The Labute approximate surface area is 112 Å². The molecule has 2 aromatic rings. The molecule has 1 fully saturated rings. The largest absolute Gasteiger partial charge is 0.489 e. The van der Waals surface area contributed by atoms with Crippen LogP contribution in [0.4, 0.5) is 0 Å². The second-order valence-corrected chi connectivity index (χ2v) is 4.57. The van der Waals surface area contributed by atoms with E-state index in [-0.39, 0.29) is 12.4 Å². The van der Waals surface area contributed by atoms with Crippen LogP contribution in [0.1, 0.15) is 12.5 Å². The number of hydrogen-bond donors (Lipinski definition) is 0. The van der Waals surface area contributed by atoms with Crippen molar-refractivity contribution in [3.8, 4) is 11.5 Å². The van der Waals surface area contributed by atoms with Crippen LogP contribution in [-0.4, -0.2) is 12.4 Å². The molecule has 0 saturated carbocycles. The molecule has 3 heteroatoms. The summed E-state index contributed by atoms with van der Waals surface area (Å²) in [6.45, 7) is 2.56. The Bertz CT molecular complexity index is 521. The lowest BCUT2D eigenvalue weighted by Crippen LogP contribution is -2.01. The number of benzene rings is 2. The predicted molar refractivity (Wildman–Crippen MR) is 72.2 cm³/mol. The molecule has 19 heavy (non-hydrogen) atoms. The number of hydrogen-bond acceptors (Lipinski definition) is 3. The number of rotatable bonds is 5. The summed E-state index contributed by atoms with van der Waals surface area (Å²) in [5, 5.41) is 0. The Morgan fingerprint density at radius 2 is 1.58 bits per heavy atom. The van der Waals surface area contributed by atoms with Gasteiger partial charge < -0.3 is 14.2 Å². The van der Waals surface area contributed by atoms with E-state index in [0.717, 1.165) is 17.1 Å². The summed E-state index contributed by atoms with van der Waals surface area (Å²) in [6.07, 6.45) is 0.116. The minimum atomic E-state index is -0.0870. The molecule has 1 aliphatic heterocycles. The van der Waals surface area contributed by atoms with Crippen molar-refractivity contribution in [1.82, 2.24) is 0 Å². The zero-order chi connectivity index (χ0) is 13.1. The minimum absolute atomic E-state index is 0.0870. The SMILES string of the molecule is CC1OC1Oc1ccc(OCc2ccccc2)cc1. The van der Waals surface area contributed by atoms with Crippen LogP contribution in [0.15, 0.2) is 54.6 Å². The van der Waals surface area contributed by atoms with Gasteiger partial charge in [-0.2, -0.15) is 0 Å². The lowest BCUT2D eigenvalue weighted by Gasteiger charge is -2.07. The molecule has 0 radical (unpaired) electrons. The summed E-state index contributed by atoms with van der Waals surface area (Å²) in [6, 6.07) is 17.7.